The molecule has 7 nitrogen and oxygen atoms in total. The van der Waals surface area contributed by atoms with Gasteiger partial charge in [0.05, 0.1) is 11.3 Å². The summed E-state index contributed by atoms with van der Waals surface area (Å²) >= 11 is 7.37. The monoisotopic (exact) mass is 412 g/mol. The van der Waals surface area contributed by atoms with Crippen LogP contribution in [-0.4, -0.2) is 20.9 Å². The minimum absolute atomic E-state index is 0.183. The molecule has 0 radical (unpaired) electrons. The molecule has 28 heavy (non-hydrogen) atoms. The van der Waals surface area contributed by atoms with E-state index in [1.807, 2.05) is 0 Å². The molecule has 0 saturated carbocycles. The van der Waals surface area contributed by atoms with Gasteiger partial charge in [-0.25, -0.2) is 14.4 Å². The largest absolute Gasteiger partial charge is 0.493 e. The van der Waals surface area contributed by atoms with Crippen molar-refractivity contribution in [2.24, 2.45) is 4.99 Å². The smallest absolute Gasteiger partial charge is 0.335 e. The highest BCUT2D eigenvalue weighted by Crippen LogP contribution is 2.40. The average Bonchev–Trinajstić information content (AvgIpc) is 3.22. The summed E-state index contributed by atoms with van der Waals surface area (Å²) in [5, 5.41) is 20.9. The quantitative estimate of drug-likeness (QED) is 0.644. The second-order valence-corrected chi connectivity index (χ2v) is 7.74. The van der Waals surface area contributed by atoms with E-state index in [0.717, 1.165) is 34.3 Å². The van der Waals surface area contributed by atoms with E-state index in [9.17, 15) is 20.0 Å². The van der Waals surface area contributed by atoms with E-state index >= 15 is 0 Å². The number of aromatic amines is 1. The highest BCUT2D eigenvalue weighted by molar-refractivity contribution is 7.16. The molecule has 1 aromatic carbocycles. The summed E-state index contributed by atoms with van der Waals surface area (Å²) < 4.78 is 0.939. The number of aryl methyl sites for hydroxylation is 1. The summed E-state index contributed by atoms with van der Waals surface area (Å²) in [7, 11) is 0. The maximum atomic E-state index is 12.2. The molecule has 0 amide bonds. The van der Waals surface area contributed by atoms with E-state index in [-0.39, 0.29) is 5.56 Å². The van der Waals surface area contributed by atoms with Crippen LogP contribution in [0.4, 0.5) is 5.00 Å². The topological polar surface area (TPSA) is 111 Å². The predicted octanol–water partition coefficient (Wildman–Crippen LogP) is 3.06. The molecule has 9 heteroatoms. The van der Waals surface area contributed by atoms with Gasteiger partial charge in [-0.2, -0.15) is 5.26 Å². The number of aromatic hydroxyl groups is 1. The van der Waals surface area contributed by atoms with Crippen LogP contribution in [0.1, 0.15) is 28.0 Å². The van der Waals surface area contributed by atoms with Crippen molar-refractivity contribution in [1.82, 2.24) is 9.55 Å². The van der Waals surface area contributed by atoms with Crippen LogP contribution in [0.3, 0.4) is 0 Å². The maximum absolute atomic E-state index is 12.2. The third-order valence-electron chi connectivity index (χ3n) is 4.51. The summed E-state index contributed by atoms with van der Waals surface area (Å²) in [5.74, 6) is -0.553. The van der Waals surface area contributed by atoms with E-state index in [0.29, 0.717) is 21.3 Å². The second kappa shape index (κ2) is 7.11. The number of aliphatic imine (C=N–C) groups is 1. The molecule has 2 aromatic heterocycles. The number of hydrogen-bond acceptors (Lipinski definition) is 6. The summed E-state index contributed by atoms with van der Waals surface area (Å²) in [6.45, 7) is 0. The van der Waals surface area contributed by atoms with E-state index in [1.54, 1.807) is 18.2 Å². The molecular formula is C19H13ClN4O3S. The minimum atomic E-state index is -0.797. The van der Waals surface area contributed by atoms with Gasteiger partial charge in [-0.15, -0.1) is 11.3 Å². The summed E-state index contributed by atoms with van der Waals surface area (Å²) in [4.78, 5) is 32.0. The van der Waals surface area contributed by atoms with Gasteiger partial charge in [-0.1, -0.05) is 17.7 Å². The SMILES string of the molecule is N#Cc1c(N=Cc2c(O)n(-c3cccc(Cl)c3)c(=O)[nH]c2=O)sc2c1CCC2. The molecule has 0 fully saturated rings. The first-order chi connectivity index (χ1) is 13.5. The molecule has 0 unspecified atom stereocenters. The van der Waals surface area contributed by atoms with Crippen molar-refractivity contribution in [2.45, 2.75) is 19.3 Å². The van der Waals surface area contributed by atoms with E-state index in [1.165, 1.54) is 23.6 Å². The lowest BCUT2D eigenvalue weighted by Crippen LogP contribution is -2.31. The Kier molecular flexibility index (Phi) is 4.63. The fourth-order valence-electron chi connectivity index (χ4n) is 3.23. The van der Waals surface area contributed by atoms with Crippen LogP contribution < -0.4 is 11.2 Å². The molecule has 140 valence electrons. The highest BCUT2D eigenvalue weighted by atomic mass is 35.5. The molecule has 0 bridgehead atoms. The van der Waals surface area contributed by atoms with Gasteiger partial charge in [-0.05, 0) is 43.0 Å². The van der Waals surface area contributed by atoms with Crippen molar-refractivity contribution in [3.05, 3.63) is 71.7 Å². The fourth-order valence-corrected chi connectivity index (χ4v) is 4.60. The van der Waals surface area contributed by atoms with Crippen LogP contribution in [0.5, 0.6) is 5.88 Å². The average molecular weight is 413 g/mol. The van der Waals surface area contributed by atoms with E-state index < -0.39 is 17.1 Å². The molecule has 2 heterocycles. The molecule has 0 aliphatic heterocycles. The Labute approximate surface area is 167 Å². The molecule has 1 aliphatic rings. The predicted molar refractivity (Wildman–Crippen MR) is 108 cm³/mol. The first-order valence-electron chi connectivity index (χ1n) is 8.42. The van der Waals surface area contributed by atoms with Crippen molar-refractivity contribution in [3.8, 4) is 17.6 Å². The molecule has 4 rings (SSSR count). The van der Waals surface area contributed by atoms with Crippen LogP contribution in [0.2, 0.25) is 5.02 Å². The lowest BCUT2D eigenvalue weighted by atomic mass is 10.1. The van der Waals surface area contributed by atoms with Crippen molar-refractivity contribution in [2.75, 3.05) is 0 Å². The minimum Gasteiger partial charge on any atom is -0.493 e. The molecule has 2 N–H and O–H groups in total. The number of thiophene rings is 1. The number of nitrogens with one attached hydrogen (secondary N) is 1. The number of fused-ring (bicyclic) bond motifs is 1. The standard InChI is InChI=1S/C19H13ClN4O3S/c20-10-3-1-4-11(7-10)24-18(26)14(16(25)23-19(24)27)9-22-17-13(8-21)12-5-2-6-15(12)28-17/h1,3-4,7,9,26H,2,5-6H2,(H,23,25,27). The zero-order valence-electron chi connectivity index (χ0n) is 14.4. The summed E-state index contributed by atoms with van der Waals surface area (Å²) in [6, 6.07) is 8.48. The Hall–Kier alpha value is -3.15. The summed E-state index contributed by atoms with van der Waals surface area (Å²) in [5.41, 5.74) is 0.0714. The highest BCUT2D eigenvalue weighted by Gasteiger charge is 2.22. The lowest BCUT2D eigenvalue weighted by Gasteiger charge is -2.09. The van der Waals surface area contributed by atoms with Crippen LogP contribution in [0, 0.1) is 11.3 Å². The van der Waals surface area contributed by atoms with Gasteiger partial charge in [0.15, 0.2) is 0 Å². The number of H-pyrrole nitrogens is 1. The molecule has 1 aliphatic carbocycles. The maximum Gasteiger partial charge on any atom is 0.335 e. The van der Waals surface area contributed by atoms with Gasteiger partial charge in [-0.3, -0.25) is 9.78 Å². The van der Waals surface area contributed by atoms with E-state index in [4.69, 9.17) is 11.6 Å². The number of hydrogen-bond donors (Lipinski definition) is 2. The lowest BCUT2D eigenvalue weighted by molar-refractivity contribution is 0.430. The van der Waals surface area contributed by atoms with Crippen molar-refractivity contribution in [1.29, 1.82) is 5.26 Å². The zero-order valence-corrected chi connectivity index (χ0v) is 16.0. The number of aromatic nitrogens is 2. The first-order valence-corrected chi connectivity index (χ1v) is 9.62. The van der Waals surface area contributed by atoms with Gasteiger partial charge >= 0.3 is 5.69 Å². The Morgan fingerprint density at radius 1 is 1.36 bits per heavy atom. The number of rotatable bonds is 3. The molecule has 0 saturated heterocycles. The number of nitrogens with zero attached hydrogens (tertiary/aromatic N) is 3. The first kappa shape index (κ1) is 18.2. The van der Waals surface area contributed by atoms with Crippen molar-refractivity contribution >= 4 is 34.2 Å². The molecular weight excluding hydrogens is 400 g/mol. The van der Waals surface area contributed by atoms with Gasteiger partial charge in [0.25, 0.3) is 5.56 Å². The number of halogens is 1. The Morgan fingerprint density at radius 3 is 2.93 bits per heavy atom. The van der Waals surface area contributed by atoms with Crippen LogP contribution in [0.25, 0.3) is 5.69 Å². The van der Waals surface area contributed by atoms with Crippen LogP contribution in [0.15, 0.2) is 38.8 Å². The van der Waals surface area contributed by atoms with Crippen LogP contribution in [-0.2, 0) is 12.8 Å². The van der Waals surface area contributed by atoms with Gasteiger partial charge < -0.3 is 5.11 Å². The molecule has 0 spiro atoms. The van der Waals surface area contributed by atoms with Gasteiger partial charge in [0.1, 0.15) is 16.6 Å². The van der Waals surface area contributed by atoms with Crippen molar-refractivity contribution < 1.29 is 5.11 Å². The Bertz CT molecular complexity index is 1280. The van der Waals surface area contributed by atoms with Crippen LogP contribution >= 0.6 is 22.9 Å². The molecule has 3 aromatic rings. The summed E-state index contributed by atoms with van der Waals surface area (Å²) in [6.07, 6.45) is 3.95. The fraction of sp³-hybridized carbons (Fsp3) is 0.158. The Balaban J connectivity index is 1.83. The number of nitriles is 1. The molecule has 0 atom stereocenters. The van der Waals surface area contributed by atoms with Gasteiger partial charge in [0, 0.05) is 16.1 Å². The Morgan fingerprint density at radius 2 is 2.18 bits per heavy atom. The third kappa shape index (κ3) is 3.05. The normalized spacial score (nSPS) is 13.0. The number of benzene rings is 1. The second-order valence-electron chi connectivity index (χ2n) is 6.22. The van der Waals surface area contributed by atoms with Gasteiger partial charge in [0.2, 0.25) is 5.88 Å². The zero-order chi connectivity index (χ0) is 19.8. The third-order valence-corrected chi connectivity index (χ3v) is 5.95. The van der Waals surface area contributed by atoms with Crippen molar-refractivity contribution in [3.63, 3.8) is 0 Å². The van der Waals surface area contributed by atoms with E-state index in [2.05, 4.69) is 16.0 Å².